The van der Waals surface area contributed by atoms with Crippen molar-refractivity contribution in [2.24, 2.45) is 5.73 Å². The van der Waals surface area contributed by atoms with Crippen LogP contribution in [0.3, 0.4) is 0 Å². The van der Waals surface area contributed by atoms with E-state index in [1.807, 2.05) is 0 Å². The minimum atomic E-state index is -0.0957. The Hall–Kier alpha value is -1.36. The largest absolute Gasteiger partial charge is 0.348 e. The molecule has 1 saturated carbocycles. The van der Waals surface area contributed by atoms with Crippen molar-refractivity contribution in [1.29, 1.82) is 0 Å². The topological polar surface area (TPSA) is 83.8 Å². The molecule has 0 radical (unpaired) electrons. The molecule has 5 nitrogen and oxygen atoms in total. The van der Waals surface area contributed by atoms with Gasteiger partial charge in [-0.15, -0.1) is 0 Å². The molecule has 1 heterocycles. The molecule has 1 amide bonds. The van der Waals surface area contributed by atoms with Gasteiger partial charge in [-0.2, -0.15) is 5.10 Å². The Morgan fingerprint density at radius 2 is 2.50 bits per heavy atom. The first-order valence-electron chi connectivity index (χ1n) is 4.81. The van der Waals surface area contributed by atoms with Gasteiger partial charge in [0, 0.05) is 18.3 Å². The van der Waals surface area contributed by atoms with Crippen molar-refractivity contribution in [3.63, 3.8) is 0 Å². The highest BCUT2D eigenvalue weighted by molar-refractivity contribution is 5.92. The summed E-state index contributed by atoms with van der Waals surface area (Å²) < 4.78 is 0. The fourth-order valence-electron chi connectivity index (χ4n) is 1.79. The number of nitrogens with two attached hydrogens (primary N) is 1. The van der Waals surface area contributed by atoms with Crippen LogP contribution in [0, 0.1) is 0 Å². The molecule has 0 aliphatic heterocycles. The molecule has 2 unspecified atom stereocenters. The van der Waals surface area contributed by atoms with E-state index < -0.39 is 0 Å². The molecule has 14 heavy (non-hydrogen) atoms. The lowest BCUT2D eigenvalue weighted by Gasteiger charge is -2.10. The van der Waals surface area contributed by atoms with Crippen LogP contribution in [-0.2, 0) is 0 Å². The first kappa shape index (κ1) is 9.21. The molecule has 0 spiro atoms. The Morgan fingerprint density at radius 3 is 3.07 bits per heavy atom. The Morgan fingerprint density at radius 1 is 1.64 bits per heavy atom. The lowest BCUT2D eigenvalue weighted by atomic mass is 10.2. The first-order valence-corrected chi connectivity index (χ1v) is 4.81. The number of hydrogen-bond donors (Lipinski definition) is 3. The fourth-order valence-corrected chi connectivity index (χ4v) is 1.79. The van der Waals surface area contributed by atoms with Crippen LogP contribution in [0.5, 0.6) is 0 Å². The van der Waals surface area contributed by atoms with Gasteiger partial charge in [0.25, 0.3) is 5.91 Å². The second-order valence-electron chi connectivity index (χ2n) is 3.71. The summed E-state index contributed by atoms with van der Waals surface area (Å²) in [5.74, 6) is -0.0957. The number of carbonyl (C=O) groups is 1. The van der Waals surface area contributed by atoms with Gasteiger partial charge in [-0.1, -0.05) is 0 Å². The highest BCUT2D eigenvalue weighted by atomic mass is 16.2. The van der Waals surface area contributed by atoms with Crippen molar-refractivity contribution in [3.05, 3.63) is 18.0 Å². The highest BCUT2D eigenvalue weighted by Crippen LogP contribution is 2.17. The molecule has 1 aliphatic rings. The zero-order chi connectivity index (χ0) is 9.97. The summed E-state index contributed by atoms with van der Waals surface area (Å²) in [6, 6.07) is 2.12. The van der Waals surface area contributed by atoms with Crippen LogP contribution >= 0.6 is 0 Å². The second kappa shape index (κ2) is 3.79. The van der Waals surface area contributed by atoms with E-state index in [0.717, 1.165) is 19.3 Å². The van der Waals surface area contributed by atoms with Crippen molar-refractivity contribution < 1.29 is 4.79 Å². The highest BCUT2D eigenvalue weighted by Gasteiger charge is 2.23. The SMILES string of the molecule is NC1CCC(NC(=O)c2ccn[nH]2)C1. The molecule has 1 aromatic heterocycles. The lowest BCUT2D eigenvalue weighted by molar-refractivity contribution is 0.0932. The standard InChI is InChI=1S/C9H14N4O/c10-6-1-2-7(5-6)12-9(14)8-3-4-11-13-8/h3-4,6-7H,1-2,5,10H2,(H,11,13)(H,12,14). The number of amides is 1. The molecule has 5 heteroatoms. The predicted octanol–water partition coefficient (Wildman–Crippen LogP) is 0.0193. The number of carbonyl (C=O) groups excluding carboxylic acids is 1. The van der Waals surface area contributed by atoms with E-state index in [4.69, 9.17) is 5.73 Å². The number of H-pyrrole nitrogens is 1. The van der Waals surface area contributed by atoms with Gasteiger partial charge in [-0.3, -0.25) is 9.89 Å². The van der Waals surface area contributed by atoms with E-state index in [9.17, 15) is 4.79 Å². The van der Waals surface area contributed by atoms with Crippen LogP contribution in [0.4, 0.5) is 0 Å². The van der Waals surface area contributed by atoms with E-state index in [1.165, 1.54) is 0 Å². The molecule has 0 aromatic carbocycles. The van der Waals surface area contributed by atoms with E-state index in [0.29, 0.717) is 5.69 Å². The third-order valence-corrected chi connectivity index (χ3v) is 2.55. The number of aromatic nitrogens is 2. The van der Waals surface area contributed by atoms with Crippen LogP contribution in [0.1, 0.15) is 29.8 Å². The Bertz CT molecular complexity index is 309. The van der Waals surface area contributed by atoms with Gasteiger partial charge in [0.1, 0.15) is 5.69 Å². The van der Waals surface area contributed by atoms with Gasteiger partial charge in [0.05, 0.1) is 0 Å². The maximum Gasteiger partial charge on any atom is 0.269 e. The zero-order valence-corrected chi connectivity index (χ0v) is 7.86. The quantitative estimate of drug-likeness (QED) is 0.620. The molecule has 2 rings (SSSR count). The minimum Gasteiger partial charge on any atom is -0.348 e. The van der Waals surface area contributed by atoms with Crippen molar-refractivity contribution in [3.8, 4) is 0 Å². The van der Waals surface area contributed by atoms with Crippen LogP contribution in [-0.4, -0.2) is 28.2 Å². The van der Waals surface area contributed by atoms with Crippen LogP contribution in [0.2, 0.25) is 0 Å². The molecule has 2 atom stereocenters. The fraction of sp³-hybridized carbons (Fsp3) is 0.556. The average Bonchev–Trinajstić information content (AvgIpc) is 2.75. The van der Waals surface area contributed by atoms with Gasteiger partial charge >= 0.3 is 0 Å². The minimum absolute atomic E-state index is 0.0957. The summed E-state index contributed by atoms with van der Waals surface area (Å²) in [5, 5.41) is 9.27. The number of hydrogen-bond acceptors (Lipinski definition) is 3. The van der Waals surface area contributed by atoms with Crippen LogP contribution in [0.25, 0.3) is 0 Å². The van der Waals surface area contributed by atoms with Gasteiger partial charge in [0.15, 0.2) is 0 Å². The smallest absolute Gasteiger partial charge is 0.269 e. The zero-order valence-electron chi connectivity index (χ0n) is 7.86. The Kier molecular flexibility index (Phi) is 2.49. The van der Waals surface area contributed by atoms with E-state index in [1.54, 1.807) is 12.3 Å². The molecule has 4 N–H and O–H groups in total. The van der Waals surface area contributed by atoms with Gasteiger partial charge in [-0.25, -0.2) is 0 Å². The third-order valence-electron chi connectivity index (χ3n) is 2.55. The predicted molar refractivity (Wildman–Crippen MR) is 51.7 cm³/mol. The molecule has 0 bridgehead atoms. The monoisotopic (exact) mass is 194 g/mol. The summed E-state index contributed by atoms with van der Waals surface area (Å²) in [7, 11) is 0. The number of nitrogens with zero attached hydrogens (tertiary/aromatic N) is 1. The van der Waals surface area contributed by atoms with Gasteiger partial charge < -0.3 is 11.1 Å². The van der Waals surface area contributed by atoms with E-state index in [-0.39, 0.29) is 18.0 Å². The van der Waals surface area contributed by atoms with Crippen molar-refractivity contribution >= 4 is 5.91 Å². The Labute approximate surface area is 82.1 Å². The number of aromatic amines is 1. The summed E-state index contributed by atoms with van der Waals surface area (Å²) >= 11 is 0. The normalized spacial score (nSPS) is 26.4. The second-order valence-corrected chi connectivity index (χ2v) is 3.71. The van der Waals surface area contributed by atoms with Crippen LogP contribution in [0.15, 0.2) is 12.3 Å². The summed E-state index contributed by atoms with van der Waals surface area (Å²) in [6.45, 7) is 0. The molecular weight excluding hydrogens is 180 g/mol. The van der Waals surface area contributed by atoms with Crippen molar-refractivity contribution in [1.82, 2.24) is 15.5 Å². The Balaban J connectivity index is 1.89. The number of nitrogens with one attached hydrogen (secondary N) is 2. The molecule has 1 fully saturated rings. The summed E-state index contributed by atoms with van der Waals surface area (Å²) in [4.78, 5) is 11.5. The molecular formula is C9H14N4O. The van der Waals surface area contributed by atoms with Gasteiger partial charge in [-0.05, 0) is 25.3 Å². The maximum atomic E-state index is 11.5. The van der Waals surface area contributed by atoms with Gasteiger partial charge in [0.2, 0.25) is 0 Å². The van der Waals surface area contributed by atoms with Crippen molar-refractivity contribution in [2.45, 2.75) is 31.3 Å². The summed E-state index contributed by atoms with van der Waals surface area (Å²) in [5.41, 5.74) is 6.25. The first-order chi connectivity index (χ1) is 6.75. The van der Waals surface area contributed by atoms with Crippen LogP contribution < -0.4 is 11.1 Å². The summed E-state index contributed by atoms with van der Waals surface area (Å²) in [6.07, 6.45) is 4.41. The molecule has 76 valence electrons. The van der Waals surface area contributed by atoms with E-state index >= 15 is 0 Å². The molecule has 1 aromatic rings. The molecule has 0 saturated heterocycles. The lowest BCUT2D eigenvalue weighted by Crippen LogP contribution is -2.34. The molecule has 1 aliphatic carbocycles. The maximum absolute atomic E-state index is 11.5. The van der Waals surface area contributed by atoms with Crippen molar-refractivity contribution in [2.75, 3.05) is 0 Å². The number of rotatable bonds is 2. The third kappa shape index (κ3) is 1.93. The average molecular weight is 194 g/mol. The van der Waals surface area contributed by atoms with E-state index in [2.05, 4.69) is 15.5 Å².